The van der Waals surface area contributed by atoms with Crippen molar-refractivity contribution in [3.05, 3.63) is 29.8 Å². The quantitative estimate of drug-likeness (QED) is 0.791. The molecule has 0 heterocycles. The average Bonchev–Trinajstić information content (AvgIpc) is 2.43. The fourth-order valence-corrected chi connectivity index (χ4v) is 2.68. The van der Waals surface area contributed by atoms with E-state index in [9.17, 15) is 18.0 Å². The van der Waals surface area contributed by atoms with Crippen LogP contribution in [0.15, 0.2) is 29.2 Å². The molecule has 0 aliphatic carbocycles. The number of alkyl halides is 3. The Balaban J connectivity index is 2.65. The molecule has 0 spiro atoms. The second-order valence-corrected chi connectivity index (χ2v) is 5.99. The molecule has 0 saturated carbocycles. The number of aryl methyl sites for hydroxylation is 1. The van der Waals surface area contributed by atoms with Gasteiger partial charge in [0, 0.05) is 4.90 Å². The summed E-state index contributed by atoms with van der Waals surface area (Å²) in [5.41, 5.74) is -1.03. The summed E-state index contributed by atoms with van der Waals surface area (Å²) < 4.78 is 39.4. The van der Waals surface area contributed by atoms with Crippen LogP contribution in [-0.2, 0) is 4.79 Å². The van der Waals surface area contributed by atoms with Crippen molar-refractivity contribution < 1.29 is 18.0 Å². The Hall–Kier alpha value is -1.17. The van der Waals surface area contributed by atoms with Gasteiger partial charge in [0.15, 0.2) is 0 Å². The predicted octanol–water partition coefficient (Wildman–Crippen LogP) is 4.32. The minimum atomic E-state index is -4.44. The molecule has 0 unspecified atom stereocenters. The summed E-state index contributed by atoms with van der Waals surface area (Å²) in [4.78, 5) is 12.7. The van der Waals surface area contributed by atoms with Crippen LogP contribution in [-0.4, -0.2) is 23.4 Å². The van der Waals surface area contributed by atoms with Crippen LogP contribution in [0.25, 0.3) is 0 Å². The van der Waals surface area contributed by atoms with E-state index in [2.05, 4.69) is 5.32 Å². The Bertz CT molecular complexity index is 467. The van der Waals surface area contributed by atoms with Gasteiger partial charge in [0.25, 0.3) is 0 Å². The van der Waals surface area contributed by atoms with Crippen molar-refractivity contribution in [1.29, 1.82) is 0 Å². The molecule has 1 aromatic rings. The molecule has 1 rings (SSSR count). The van der Waals surface area contributed by atoms with Crippen molar-refractivity contribution in [3.63, 3.8) is 0 Å². The lowest BCUT2D eigenvalue weighted by atomic mass is 9.92. The van der Waals surface area contributed by atoms with Gasteiger partial charge in [-0.1, -0.05) is 31.5 Å². The van der Waals surface area contributed by atoms with Crippen molar-refractivity contribution in [1.82, 2.24) is 5.32 Å². The number of carbonyl (C=O) groups excluding carboxylic acids is 1. The maximum atomic E-state index is 13.1. The van der Waals surface area contributed by atoms with Crippen LogP contribution in [0.4, 0.5) is 13.2 Å². The van der Waals surface area contributed by atoms with Crippen molar-refractivity contribution in [2.75, 3.05) is 5.75 Å². The van der Waals surface area contributed by atoms with Gasteiger partial charge in [0.2, 0.25) is 5.91 Å². The maximum Gasteiger partial charge on any atom is 0.411 e. The van der Waals surface area contributed by atoms with Crippen LogP contribution >= 0.6 is 11.8 Å². The molecule has 0 bridgehead atoms. The SMILES string of the molecule is CCC(CC)(NC(=O)CSc1ccc(C)cc1)C(F)(F)F. The lowest BCUT2D eigenvalue weighted by molar-refractivity contribution is -0.200. The van der Waals surface area contributed by atoms with Gasteiger partial charge in [-0.25, -0.2) is 0 Å². The van der Waals surface area contributed by atoms with Gasteiger partial charge in [-0.3, -0.25) is 4.79 Å². The highest BCUT2D eigenvalue weighted by atomic mass is 32.2. The van der Waals surface area contributed by atoms with Crippen molar-refractivity contribution >= 4 is 17.7 Å². The number of nitrogens with one attached hydrogen (secondary N) is 1. The zero-order valence-electron chi connectivity index (χ0n) is 12.4. The Kier molecular flexibility index (Phi) is 6.13. The van der Waals surface area contributed by atoms with Gasteiger partial charge >= 0.3 is 6.18 Å². The van der Waals surface area contributed by atoms with Gasteiger partial charge in [0.05, 0.1) is 5.75 Å². The Morgan fingerprint density at radius 1 is 1.14 bits per heavy atom. The predicted molar refractivity (Wildman–Crippen MR) is 79.4 cm³/mol. The topological polar surface area (TPSA) is 29.1 Å². The van der Waals surface area contributed by atoms with Gasteiger partial charge < -0.3 is 5.32 Å². The fourth-order valence-electron chi connectivity index (χ4n) is 1.98. The Morgan fingerprint density at radius 3 is 2.10 bits per heavy atom. The molecule has 21 heavy (non-hydrogen) atoms. The molecule has 6 heteroatoms. The van der Waals surface area contributed by atoms with E-state index in [-0.39, 0.29) is 18.6 Å². The van der Waals surface area contributed by atoms with Crippen molar-refractivity contribution in [2.45, 2.75) is 50.2 Å². The zero-order valence-corrected chi connectivity index (χ0v) is 13.2. The molecule has 2 nitrogen and oxygen atoms in total. The third kappa shape index (κ3) is 4.66. The number of benzene rings is 1. The molecule has 0 fully saturated rings. The number of hydrogen-bond donors (Lipinski definition) is 1. The first-order chi connectivity index (χ1) is 9.74. The summed E-state index contributed by atoms with van der Waals surface area (Å²) in [6.07, 6.45) is -4.79. The van der Waals surface area contributed by atoms with E-state index >= 15 is 0 Å². The highest BCUT2D eigenvalue weighted by Gasteiger charge is 2.52. The maximum absolute atomic E-state index is 13.1. The zero-order chi connectivity index (χ0) is 16.1. The standard InChI is InChI=1S/C15H20F3NOS/c1-4-14(5-2,15(16,17)18)19-13(20)10-21-12-8-6-11(3)7-9-12/h6-9H,4-5,10H2,1-3H3,(H,19,20). The Morgan fingerprint density at radius 2 is 1.67 bits per heavy atom. The second kappa shape index (κ2) is 7.20. The van der Waals surface area contributed by atoms with Crippen LogP contribution < -0.4 is 5.32 Å². The molecule has 0 radical (unpaired) electrons. The van der Waals surface area contributed by atoms with Crippen molar-refractivity contribution in [3.8, 4) is 0 Å². The summed E-state index contributed by atoms with van der Waals surface area (Å²) >= 11 is 1.23. The molecule has 1 amide bonds. The van der Waals surface area contributed by atoms with E-state index in [1.807, 2.05) is 31.2 Å². The second-order valence-electron chi connectivity index (χ2n) is 4.94. The smallest absolute Gasteiger partial charge is 0.341 e. The van der Waals surface area contributed by atoms with E-state index in [0.29, 0.717) is 0 Å². The molecule has 1 N–H and O–H groups in total. The summed E-state index contributed by atoms with van der Waals surface area (Å²) in [7, 11) is 0. The molecule has 1 aromatic carbocycles. The van der Waals surface area contributed by atoms with Crippen LogP contribution in [0, 0.1) is 6.92 Å². The molecule has 0 saturated heterocycles. The van der Waals surface area contributed by atoms with E-state index in [1.165, 1.54) is 25.6 Å². The van der Waals surface area contributed by atoms with Crippen LogP contribution in [0.3, 0.4) is 0 Å². The lowest BCUT2D eigenvalue weighted by Crippen LogP contribution is -2.58. The summed E-state index contributed by atoms with van der Waals surface area (Å²) in [6, 6.07) is 7.50. The first-order valence-corrected chi connectivity index (χ1v) is 7.80. The van der Waals surface area contributed by atoms with Gasteiger partial charge in [-0.2, -0.15) is 13.2 Å². The first kappa shape index (κ1) is 17.9. The molecule has 118 valence electrons. The lowest BCUT2D eigenvalue weighted by Gasteiger charge is -2.34. The number of halogens is 3. The third-order valence-electron chi connectivity index (χ3n) is 3.52. The molecule has 0 atom stereocenters. The highest BCUT2D eigenvalue weighted by Crippen LogP contribution is 2.35. The molecular weight excluding hydrogens is 299 g/mol. The molecule has 0 aliphatic rings. The number of carbonyl (C=O) groups is 1. The molecule has 0 aromatic heterocycles. The van der Waals surface area contributed by atoms with E-state index < -0.39 is 17.6 Å². The summed E-state index contributed by atoms with van der Waals surface area (Å²) in [6.45, 7) is 4.82. The van der Waals surface area contributed by atoms with Gasteiger partial charge in [-0.05, 0) is 31.9 Å². The van der Waals surface area contributed by atoms with Gasteiger partial charge in [0.1, 0.15) is 5.54 Å². The molecular formula is C15H20F3NOS. The number of rotatable bonds is 6. The summed E-state index contributed by atoms with van der Waals surface area (Å²) in [5.74, 6) is -0.623. The fraction of sp³-hybridized carbons (Fsp3) is 0.533. The first-order valence-electron chi connectivity index (χ1n) is 6.81. The number of amides is 1. The minimum Gasteiger partial charge on any atom is -0.341 e. The number of thioether (sulfide) groups is 1. The minimum absolute atomic E-state index is 0.0269. The molecule has 0 aliphatic heterocycles. The largest absolute Gasteiger partial charge is 0.411 e. The normalized spacial score (nSPS) is 12.3. The Labute approximate surface area is 127 Å². The van der Waals surface area contributed by atoms with Crippen LogP contribution in [0.5, 0.6) is 0 Å². The monoisotopic (exact) mass is 319 g/mol. The summed E-state index contributed by atoms with van der Waals surface area (Å²) in [5, 5.41) is 2.17. The third-order valence-corrected chi connectivity index (χ3v) is 4.53. The van der Waals surface area contributed by atoms with E-state index in [1.54, 1.807) is 0 Å². The number of hydrogen-bond acceptors (Lipinski definition) is 2. The average molecular weight is 319 g/mol. The van der Waals surface area contributed by atoms with Crippen LogP contribution in [0.1, 0.15) is 32.3 Å². The van der Waals surface area contributed by atoms with E-state index in [4.69, 9.17) is 0 Å². The highest BCUT2D eigenvalue weighted by molar-refractivity contribution is 8.00. The van der Waals surface area contributed by atoms with Crippen LogP contribution in [0.2, 0.25) is 0 Å². The van der Waals surface area contributed by atoms with E-state index in [0.717, 1.165) is 10.5 Å². The van der Waals surface area contributed by atoms with Crippen molar-refractivity contribution in [2.24, 2.45) is 0 Å². The van der Waals surface area contributed by atoms with Gasteiger partial charge in [-0.15, -0.1) is 11.8 Å².